The van der Waals surface area contributed by atoms with Gasteiger partial charge in [-0.2, -0.15) is 0 Å². The first kappa shape index (κ1) is 91.6. The van der Waals surface area contributed by atoms with Crippen molar-refractivity contribution in [2.75, 3.05) is 19.8 Å². The first-order valence-corrected chi connectivity index (χ1v) is 41.9. The van der Waals surface area contributed by atoms with E-state index in [1.165, 1.54) is 327 Å². The minimum Gasteiger partial charge on any atom is -0.466 e. The average Bonchev–Trinajstić information content (AvgIpc) is 0.845. The van der Waals surface area contributed by atoms with Gasteiger partial charge in [0.2, 0.25) is 5.91 Å². The van der Waals surface area contributed by atoms with Gasteiger partial charge in [0.05, 0.1) is 32.0 Å². The van der Waals surface area contributed by atoms with E-state index in [2.05, 4.69) is 55.6 Å². The van der Waals surface area contributed by atoms with Gasteiger partial charge in [0, 0.05) is 12.8 Å². The van der Waals surface area contributed by atoms with Gasteiger partial charge < -0.3 is 45.1 Å². The van der Waals surface area contributed by atoms with Gasteiger partial charge in [-0.1, -0.05) is 371 Å². The lowest BCUT2D eigenvalue weighted by Gasteiger charge is -2.40. The molecule has 1 fully saturated rings. The summed E-state index contributed by atoms with van der Waals surface area (Å²) in [5.74, 6) is -0.171. The molecule has 0 aromatic carbocycles. The summed E-state index contributed by atoms with van der Waals surface area (Å²) in [6.07, 6.45) is 88.7. The van der Waals surface area contributed by atoms with Crippen molar-refractivity contribution in [1.29, 1.82) is 0 Å². The highest BCUT2D eigenvalue weighted by molar-refractivity contribution is 5.76. The Labute approximate surface area is 593 Å². The lowest BCUT2D eigenvalue weighted by Crippen LogP contribution is -2.60. The van der Waals surface area contributed by atoms with Crippen molar-refractivity contribution < 1.29 is 49.3 Å². The van der Waals surface area contributed by atoms with Gasteiger partial charge in [-0.05, 0) is 83.5 Å². The highest BCUT2D eigenvalue weighted by Gasteiger charge is 2.44. The zero-order valence-corrected chi connectivity index (χ0v) is 63.1. The summed E-state index contributed by atoms with van der Waals surface area (Å²) >= 11 is 0. The summed E-state index contributed by atoms with van der Waals surface area (Å²) in [6.45, 7) is 4.37. The molecule has 11 nitrogen and oxygen atoms in total. The molecule has 0 radical (unpaired) electrons. The van der Waals surface area contributed by atoms with Crippen LogP contribution >= 0.6 is 0 Å². The molecule has 1 rings (SSSR count). The van der Waals surface area contributed by atoms with E-state index in [4.69, 9.17) is 14.2 Å². The van der Waals surface area contributed by atoms with Gasteiger partial charge >= 0.3 is 5.97 Å². The third-order valence-electron chi connectivity index (χ3n) is 19.9. The Morgan fingerprint density at radius 3 is 1.03 bits per heavy atom. The molecule has 1 aliphatic rings. The van der Waals surface area contributed by atoms with Crippen molar-refractivity contribution in [2.24, 2.45) is 0 Å². The number of aliphatic hydroxyl groups is 5. The number of hydrogen-bond donors (Lipinski definition) is 6. The van der Waals surface area contributed by atoms with Crippen LogP contribution in [0.25, 0.3) is 0 Å². The van der Waals surface area contributed by atoms with Crippen LogP contribution in [0.2, 0.25) is 0 Å². The number of carbonyl (C=O) groups excluding carboxylic acids is 2. The molecule has 1 amide bonds. The first-order chi connectivity index (χ1) is 47.2. The number of aliphatic hydroxyl groups excluding tert-OH is 5. The Balaban J connectivity index is 1.90. The van der Waals surface area contributed by atoms with Gasteiger partial charge in [-0.15, -0.1) is 0 Å². The van der Waals surface area contributed by atoms with Gasteiger partial charge in [0.15, 0.2) is 6.29 Å². The van der Waals surface area contributed by atoms with Crippen LogP contribution in [0.15, 0.2) is 48.6 Å². The van der Waals surface area contributed by atoms with Crippen molar-refractivity contribution in [3.63, 3.8) is 0 Å². The fourth-order valence-electron chi connectivity index (χ4n) is 13.3. The SMILES string of the molecule is CCCCCCC/C=C/CC/C=C/CC/C=C/C(O)C(COC1OC(CO)C(O)C(O)C1O)NC(=O)CCCCCCCCCCCCCCCCCCC/C=C\CCCCCCCCCCCCCCCCCCCCOC(=O)CCCCCCCCCCCCCCCC. The van der Waals surface area contributed by atoms with Gasteiger partial charge in [0.1, 0.15) is 24.4 Å². The van der Waals surface area contributed by atoms with Crippen LogP contribution in [0.1, 0.15) is 418 Å². The Morgan fingerprint density at radius 1 is 0.375 bits per heavy atom. The van der Waals surface area contributed by atoms with Crippen LogP contribution in [-0.2, 0) is 23.8 Å². The van der Waals surface area contributed by atoms with E-state index in [0.717, 1.165) is 64.2 Å². The van der Waals surface area contributed by atoms with E-state index in [9.17, 15) is 35.1 Å². The number of carbonyl (C=O) groups is 2. The van der Waals surface area contributed by atoms with Gasteiger partial charge in [0.25, 0.3) is 0 Å². The second kappa shape index (κ2) is 73.8. The maximum absolute atomic E-state index is 13.1. The molecule has 564 valence electrons. The molecule has 0 aliphatic carbocycles. The summed E-state index contributed by atoms with van der Waals surface area (Å²) < 4.78 is 16.8. The molecule has 0 spiro atoms. The second-order valence-corrected chi connectivity index (χ2v) is 29.2. The van der Waals surface area contributed by atoms with Crippen LogP contribution < -0.4 is 5.32 Å². The molecule has 6 N–H and O–H groups in total. The normalized spacial score (nSPS) is 17.5. The molecule has 0 aromatic rings. The smallest absolute Gasteiger partial charge is 0.305 e. The number of amides is 1. The molecular weight excluding hydrogens is 1190 g/mol. The first-order valence-electron chi connectivity index (χ1n) is 41.9. The Morgan fingerprint density at radius 2 is 0.677 bits per heavy atom. The van der Waals surface area contributed by atoms with Crippen LogP contribution in [0, 0.1) is 0 Å². The Hall–Kier alpha value is -2.38. The van der Waals surface area contributed by atoms with Gasteiger partial charge in [-0.25, -0.2) is 0 Å². The van der Waals surface area contributed by atoms with Crippen LogP contribution in [0.5, 0.6) is 0 Å². The molecular formula is C85H159NO10. The maximum atomic E-state index is 13.1. The molecule has 0 saturated carbocycles. The topological polar surface area (TPSA) is 175 Å². The van der Waals surface area contributed by atoms with E-state index < -0.39 is 49.5 Å². The highest BCUT2D eigenvalue weighted by atomic mass is 16.7. The van der Waals surface area contributed by atoms with E-state index in [1.807, 2.05) is 6.08 Å². The number of esters is 1. The zero-order valence-electron chi connectivity index (χ0n) is 63.1. The van der Waals surface area contributed by atoms with E-state index >= 15 is 0 Å². The third kappa shape index (κ3) is 61.5. The maximum Gasteiger partial charge on any atom is 0.305 e. The molecule has 1 aliphatic heterocycles. The number of allylic oxidation sites excluding steroid dienone is 7. The standard InChI is InChI=1S/C85H159NO10/c1-3-5-7-9-11-13-15-17-44-47-51-55-59-63-67-71-78(88)77(76-95-85-84(93)83(92)82(91)79(75-87)96-85)86-80(89)72-68-64-60-56-52-48-45-42-40-38-36-34-32-30-28-26-24-22-20-19-21-23-25-27-29-31-33-35-37-39-41-43-46-50-54-58-62-66-70-74-94-81(90)73-69-65-61-57-53-49-18-16-14-12-10-8-6-4-2/h15,17,19-20,51,55,67,71,77-79,82-85,87-88,91-93H,3-14,16,18,21-50,52-54,56-66,68-70,72-76H2,1-2H3,(H,86,89)/b17-15+,20-19-,55-51+,71-67+. The van der Waals surface area contributed by atoms with Crippen molar-refractivity contribution in [1.82, 2.24) is 5.32 Å². The van der Waals surface area contributed by atoms with Crippen molar-refractivity contribution >= 4 is 11.9 Å². The van der Waals surface area contributed by atoms with Crippen molar-refractivity contribution in [3.8, 4) is 0 Å². The Kier molecular flexibility index (Phi) is 70.5. The summed E-state index contributed by atoms with van der Waals surface area (Å²) in [6, 6.07) is -0.833. The second-order valence-electron chi connectivity index (χ2n) is 29.2. The quantitative estimate of drug-likeness (QED) is 0.0195. The van der Waals surface area contributed by atoms with E-state index in [-0.39, 0.29) is 18.5 Å². The molecule has 0 bridgehead atoms. The average molecular weight is 1360 g/mol. The van der Waals surface area contributed by atoms with Crippen molar-refractivity contribution in [2.45, 2.75) is 461 Å². The molecule has 96 heavy (non-hydrogen) atoms. The number of rotatable bonds is 75. The number of ether oxygens (including phenoxy) is 3. The van der Waals surface area contributed by atoms with Crippen molar-refractivity contribution in [3.05, 3.63) is 48.6 Å². The molecule has 11 heteroatoms. The van der Waals surface area contributed by atoms with Gasteiger partial charge in [-0.3, -0.25) is 9.59 Å². The summed E-state index contributed by atoms with van der Waals surface area (Å²) in [5.41, 5.74) is 0. The fraction of sp³-hybridized carbons (Fsp3) is 0.882. The highest BCUT2D eigenvalue weighted by Crippen LogP contribution is 2.24. The lowest BCUT2D eigenvalue weighted by molar-refractivity contribution is -0.302. The van der Waals surface area contributed by atoms with Crippen LogP contribution in [0.3, 0.4) is 0 Å². The molecule has 1 heterocycles. The largest absolute Gasteiger partial charge is 0.466 e. The van der Waals surface area contributed by atoms with Crippen LogP contribution in [-0.4, -0.2) is 100 Å². The summed E-state index contributed by atoms with van der Waals surface area (Å²) in [5, 5.41) is 54.6. The molecule has 1 saturated heterocycles. The molecule has 0 aromatic heterocycles. The Bertz CT molecular complexity index is 1740. The third-order valence-corrected chi connectivity index (χ3v) is 19.9. The van der Waals surface area contributed by atoms with E-state index in [1.54, 1.807) is 6.08 Å². The predicted octanol–water partition coefficient (Wildman–Crippen LogP) is 23.0. The minimum atomic E-state index is -1.58. The number of hydrogen-bond acceptors (Lipinski definition) is 10. The van der Waals surface area contributed by atoms with Crippen LogP contribution in [0.4, 0.5) is 0 Å². The molecule has 7 unspecified atom stereocenters. The summed E-state index contributed by atoms with van der Waals surface area (Å²) in [7, 11) is 0. The molecule has 7 atom stereocenters. The number of nitrogens with one attached hydrogen (secondary N) is 1. The monoisotopic (exact) mass is 1350 g/mol. The van der Waals surface area contributed by atoms with E-state index in [0.29, 0.717) is 19.4 Å². The summed E-state index contributed by atoms with van der Waals surface area (Å²) in [4.78, 5) is 25.2. The number of unbranched alkanes of at least 4 members (excludes halogenated alkanes) is 55. The zero-order chi connectivity index (χ0) is 69.4. The minimum absolute atomic E-state index is 0.0194. The lowest BCUT2D eigenvalue weighted by atomic mass is 9.99. The predicted molar refractivity (Wildman–Crippen MR) is 407 cm³/mol. The fourth-order valence-corrected chi connectivity index (χ4v) is 13.3.